The van der Waals surface area contributed by atoms with E-state index in [2.05, 4.69) is 48.9 Å². The van der Waals surface area contributed by atoms with Crippen LogP contribution in [0.15, 0.2) is 283 Å². The SMILES string of the molecule is O=C1c2ccccc2-c2cccc3cccc1c23.O=C1c2ccccc2C(=O)c2c1ccc1c(=O)c3ccccc3[nH]c21.O=C1c2ccccc2C(=O)c2c1ccc1c2NCCS1.O=C1c2ccccc2C(=O)c2c1ccc1c2NCCS1(=O)=O.O=c1c2ccccc2c(=O)c2c1ccc1oc3ccccc3[nH]c12.OOOO. The summed E-state index contributed by atoms with van der Waals surface area (Å²) in [5.41, 5.74) is 12.7. The monoisotopic (exact) mass is 1530 g/mol. The molecule has 22 rings (SSSR count). The summed E-state index contributed by atoms with van der Waals surface area (Å²) >= 11 is 1.72. The van der Waals surface area contributed by atoms with E-state index in [0.29, 0.717) is 110 Å². The van der Waals surface area contributed by atoms with Gasteiger partial charge < -0.3 is 25.0 Å². The molecule has 2 aliphatic heterocycles. The van der Waals surface area contributed by atoms with Gasteiger partial charge in [0.15, 0.2) is 77.8 Å². The lowest BCUT2D eigenvalue weighted by atomic mass is 9.83. The van der Waals surface area contributed by atoms with Gasteiger partial charge in [0, 0.05) is 123 Å². The number of anilines is 2. The van der Waals surface area contributed by atoms with E-state index in [4.69, 9.17) is 14.9 Å². The van der Waals surface area contributed by atoms with Crippen LogP contribution in [-0.2, 0) is 19.9 Å². The highest BCUT2D eigenvalue weighted by molar-refractivity contribution is 7.99. The van der Waals surface area contributed by atoms with Crippen LogP contribution < -0.4 is 26.9 Å². The smallest absolute Gasteiger partial charge is 0.197 e. The fourth-order valence-electron chi connectivity index (χ4n) is 15.5. The Morgan fingerprint density at radius 1 is 0.327 bits per heavy atom. The Kier molecular flexibility index (Phi) is 18.5. The van der Waals surface area contributed by atoms with E-state index in [-0.39, 0.29) is 96.3 Å². The third-order valence-corrected chi connectivity index (χ3v) is 23.4. The Morgan fingerprint density at radius 3 is 1.39 bits per heavy atom. The molecule has 0 fully saturated rings. The quantitative estimate of drug-likeness (QED) is 0.0385. The molecule has 0 saturated heterocycles. The number of hydrogen-bond donors (Lipinski definition) is 6. The second-order valence-corrected chi connectivity index (χ2v) is 30.0. The number of para-hydroxylation sites is 3. The standard InChI is InChI=1S/C21H11NO3.C20H11NO3.C17H10O.C16H11NO4S.C16H11NO2S.H2O4/c23-19-11-5-1-2-6-12(11)21(25)17-14(19)9-10-15-18(17)22-16-8-4-3-7-13(16)20(15)24;22-19-11-5-1-2-6-12(11)20(23)17-13(19)9-10-16-18(17)21-14-7-3-4-8-15(14)24-16;18-17-14-8-2-1-7-12(14)13-9-3-5-11-6-4-10-15(17)16(11)13;18-15-9-3-1-2-4-10(9)16(19)13-11(15)5-6-12-14(13)17-7-8-22(12,20)21;18-15-9-3-1-2-4-10(9)16(19)13-11(15)5-6-12-14(13)17-7-8-20-12;1-3-4-2/h1-10H,(H,22,24);1-10,21H;1-10H;1-6,17H,7-8H2;1-6,17H,7-8H2;1-2H. The topological polar surface area (TPSA) is 333 Å². The first-order valence-electron chi connectivity index (χ1n) is 35.4. The third-order valence-electron chi connectivity index (χ3n) is 20.6. The van der Waals surface area contributed by atoms with Crippen LogP contribution in [0.1, 0.15) is 111 Å². The summed E-state index contributed by atoms with van der Waals surface area (Å²) in [4.78, 5) is 135. The van der Waals surface area contributed by atoms with Gasteiger partial charge in [0.1, 0.15) is 0 Å². The summed E-state index contributed by atoms with van der Waals surface area (Å²) < 4.78 is 30.2. The van der Waals surface area contributed by atoms with Gasteiger partial charge in [-0.2, -0.15) is 0 Å². The van der Waals surface area contributed by atoms with Gasteiger partial charge in [-0.1, -0.05) is 182 Å². The van der Waals surface area contributed by atoms with Gasteiger partial charge in [-0.3, -0.25) is 47.9 Å². The van der Waals surface area contributed by atoms with E-state index in [9.17, 15) is 56.4 Å². The molecule has 6 N–H and O–H groups in total. The molecule has 16 aromatic rings. The average molecular weight is 1530 g/mol. The number of hydrogen-bond acceptors (Lipinski definition) is 20. The van der Waals surface area contributed by atoms with Crippen LogP contribution in [0.25, 0.3) is 87.4 Å². The van der Waals surface area contributed by atoms with Gasteiger partial charge in [0.05, 0.1) is 60.6 Å². The molecule has 23 heteroatoms. The van der Waals surface area contributed by atoms with Crippen LogP contribution >= 0.6 is 11.8 Å². The molecular formula is C90H56N4O17S2. The van der Waals surface area contributed by atoms with Crippen LogP contribution in [0.5, 0.6) is 0 Å². The molecule has 113 heavy (non-hydrogen) atoms. The van der Waals surface area contributed by atoms with Crippen molar-refractivity contribution < 1.29 is 67.0 Å². The fraction of sp³-hybridized carbons (Fsp3) is 0.0444. The van der Waals surface area contributed by atoms with Crippen molar-refractivity contribution in [2.45, 2.75) is 9.79 Å². The van der Waals surface area contributed by atoms with Gasteiger partial charge in [-0.25, -0.2) is 18.9 Å². The van der Waals surface area contributed by atoms with Crippen LogP contribution in [0.4, 0.5) is 11.4 Å². The number of H-pyrrole nitrogens is 2. The first-order valence-corrected chi connectivity index (χ1v) is 38.1. The maximum Gasteiger partial charge on any atom is 0.197 e. The largest absolute Gasteiger partial charge is 0.453 e. The number of fused-ring (bicyclic) bond motifs is 20. The number of benzene rings is 14. The summed E-state index contributed by atoms with van der Waals surface area (Å²) in [5.74, 6) is -0.0123. The van der Waals surface area contributed by atoms with Crippen molar-refractivity contribution in [2.24, 2.45) is 0 Å². The number of aromatic nitrogens is 2. The third kappa shape index (κ3) is 12.2. The molecule has 4 heterocycles. The highest BCUT2D eigenvalue weighted by Crippen LogP contribution is 2.43. The second-order valence-electron chi connectivity index (χ2n) is 26.8. The fourth-order valence-corrected chi connectivity index (χ4v) is 17.8. The summed E-state index contributed by atoms with van der Waals surface area (Å²) in [5, 5.41) is 30.1. The number of sulfone groups is 1. The molecule has 0 radical (unpaired) electrons. The van der Waals surface area contributed by atoms with Crippen LogP contribution in [0.2, 0.25) is 0 Å². The first-order chi connectivity index (χ1) is 55.0. The van der Waals surface area contributed by atoms with Gasteiger partial charge in [-0.05, 0) is 99.4 Å². The summed E-state index contributed by atoms with van der Waals surface area (Å²) in [7, 11) is -3.42. The van der Waals surface area contributed by atoms with Crippen LogP contribution in [-0.4, -0.2) is 94.0 Å². The number of thioether (sulfide) groups is 1. The van der Waals surface area contributed by atoms with Crippen molar-refractivity contribution in [1.29, 1.82) is 0 Å². The predicted octanol–water partition coefficient (Wildman–Crippen LogP) is 16.0. The second kappa shape index (κ2) is 29.1. The molecule has 6 aliphatic rings. The number of aromatic amines is 2. The highest BCUT2D eigenvalue weighted by atomic mass is 32.2. The number of ketones is 7. The molecule has 0 amide bonds. The van der Waals surface area contributed by atoms with Gasteiger partial charge in [-0.15, -0.1) is 11.8 Å². The summed E-state index contributed by atoms with van der Waals surface area (Å²) in [6.45, 7) is 1.05. The Balaban J connectivity index is 0.000000101. The van der Waals surface area contributed by atoms with E-state index in [0.717, 1.165) is 55.9 Å². The first kappa shape index (κ1) is 71.9. The molecular weight excluding hydrogens is 1470 g/mol. The van der Waals surface area contributed by atoms with Crippen LogP contribution in [0.3, 0.4) is 0 Å². The predicted molar refractivity (Wildman–Crippen MR) is 431 cm³/mol. The molecule has 550 valence electrons. The number of nitrogens with one attached hydrogen (secondary N) is 4. The van der Waals surface area contributed by atoms with Crippen molar-refractivity contribution in [3.63, 3.8) is 0 Å². The Hall–Kier alpha value is -14.0. The maximum atomic E-state index is 13.0. The Labute approximate surface area is 642 Å². The molecule has 0 bridgehead atoms. The molecule has 0 spiro atoms. The minimum atomic E-state index is -3.42. The highest BCUT2D eigenvalue weighted by Gasteiger charge is 2.38. The molecule has 0 atom stereocenters. The van der Waals surface area contributed by atoms with E-state index in [1.165, 1.54) is 17.7 Å². The number of carbonyl (C=O) groups is 7. The lowest BCUT2D eigenvalue weighted by molar-refractivity contribution is -0.611. The summed E-state index contributed by atoms with van der Waals surface area (Å²) in [6, 6.07) is 75.1. The zero-order chi connectivity index (χ0) is 78.1. The van der Waals surface area contributed by atoms with Gasteiger partial charge in [0.25, 0.3) is 0 Å². The Bertz CT molecular complexity index is 7220. The molecule has 0 unspecified atom stereocenters. The zero-order valence-corrected chi connectivity index (χ0v) is 60.5. The maximum absolute atomic E-state index is 13.0. The van der Waals surface area contributed by atoms with Crippen LogP contribution in [0, 0.1) is 0 Å². The van der Waals surface area contributed by atoms with E-state index >= 15 is 0 Å². The number of pyridine rings is 1. The zero-order valence-electron chi connectivity index (χ0n) is 58.9. The van der Waals surface area contributed by atoms with E-state index in [1.54, 1.807) is 157 Å². The van der Waals surface area contributed by atoms with Crippen molar-refractivity contribution in [1.82, 2.24) is 9.97 Å². The van der Waals surface area contributed by atoms with Gasteiger partial charge >= 0.3 is 0 Å². The number of carbonyl (C=O) groups excluding carboxylic acids is 7. The number of rotatable bonds is 1. The van der Waals surface area contributed by atoms with E-state index < -0.39 is 9.84 Å². The van der Waals surface area contributed by atoms with Crippen molar-refractivity contribution in [3.8, 4) is 11.1 Å². The van der Waals surface area contributed by atoms with Crippen molar-refractivity contribution >= 4 is 150 Å². The lowest BCUT2D eigenvalue weighted by Gasteiger charge is -2.25. The lowest BCUT2D eigenvalue weighted by Crippen LogP contribution is -2.29. The molecule has 4 aliphatic carbocycles. The molecule has 21 nitrogen and oxygen atoms in total. The van der Waals surface area contributed by atoms with E-state index in [1.807, 2.05) is 78.9 Å². The molecule has 0 saturated carbocycles. The molecule has 2 aromatic heterocycles. The van der Waals surface area contributed by atoms with Crippen molar-refractivity contribution in [3.05, 3.63) is 363 Å². The minimum absolute atomic E-state index is 0.0164. The van der Waals surface area contributed by atoms with Crippen molar-refractivity contribution in [2.75, 3.05) is 35.2 Å². The Morgan fingerprint density at radius 2 is 0.770 bits per heavy atom. The van der Waals surface area contributed by atoms with Gasteiger partial charge in [0.2, 0.25) is 0 Å². The summed E-state index contributed by atoms with van der Waals surface area (Å²) in [6.07, 6.45) is 0. The molecule has 14 aromatic carbocycles. The minimum Gasteiger partial charge on any atom is -0.453 e. The normalized spacial score (nSPS) is 14.0. The average Bonchev–Trinajstić information content (AvgIpc) is 0.752.